The number of nitrogens with one attached hydrogen (secondary N) is 1. The first kappa shape index (κ1) is 21.4. The van der Waals surface area contributed by atoms with Gasteiger partial charge in [0.25, 0.3) is 5.91 Å². The Kier molecular flexibility index (Phi) is 7.52. The fraction of sp³-hybridized carbons (Fsp3) is 0.300. The van der Waals surface area contributed by atoms with Crippen molar-refractivity contribution in [2.75, 3.05) is 26.1 Å². The van der Waals surface area contributed by atoms with Crippen LogP contribution in [-0.4, -0.2) is 38.8 Å². The Bertz CT molecular complexity index is 855. The number of amides is 1. The van der Waals surface area contributed by atoms with Gasteiger partial charge in [0.2, 0.25) is 0 Å². The molecule has 0 aromatic heterocycles. The lowest BCUT2D eigenvalue weighted by atomic mass is 10.2. The fourth-order valence-corrected chi connectivity index (χ4v) is 2.47. The van der Waals surface area contributed by atoms with Crippen LogP contribution in [0.25, 0.3) is 0 Å². The number of hydrogen-bond donors (Lipinski definition) is 1. The summed E-state index contributed by atoms with van der Waals surface area (Å²) >= 11 is 6.01. The third-order valence-electron chi connectivity index (χ3n) is 3.76. The number of rotatable bonds is 8. The lowest BCUT2D eigenvalue weighted by molar-refractivity contribution is -0.155. The van der Waals surface area contributed by atoms with Crippen molar-refractivity contribution >= 4 is 29.2 Å². The number of benzene rings is 2. The van der Waals surface area contributed by atoms with E-state index >= 15 is 0 Å². The third-order valence-corrected chi connectivity index (χ3v) is 4.07. The topological polar surface area (TPSA) is 83.1 Å². The van der Waals surface area contributed by atoms with Crippen LogP contribution in [0.1, 0.15) is 12.5 Å². The molecule has 28 heavy (non-hydrogen) atoms. The van der Waals surface area contributed by atoms with Gasteiger partial charge >= 0.3 is 5.97 Å². The van der Waals surface area contributed by atoms with E-state index in [-0.39, 0.29) is 6.61 Å². The average Bonchev–Trinajstić information content (AvgIpc) is 2.68. The van der Waals surface area contributed by atoms with E-state index in [4.69, 9.17) is 30.5 Å². The van der Waals surface area contributed by atoms with E-state index in [2.05, 4.69) is 5.32 Å². The molecule has 2 aromatic carbocycles. The van der Waals surface area contributed by atoms with Gasteiger partial charge in [-0.05, 0) is 43.7 Å². The molecule has 0 saturated heterocycles. The zero-order valence-electron chi connectivity index (χ0n) is 16.1. The molecule has 0 fully saturated rings. The van der Waals surface area contributed by atoms with Gasteiger partial charge in [0.15, 0.2) is 24.2 Å². The molecule has 0 aliphatic carbocycles. The normalized spacial score (nSPS) is 11.3. The first-order valence-corrected chi connectivity index (χ1v) is 8.83. The predicted molar refractivity (Wildman–Crippen MR) is 105 cm³/mol. The largest absolute Gasteiger partial charge is 0.493 e. The minimum Gasteiger partial charge on any atom is -0.493 e. The van der Waals surface area contributed by atoms with Crippen molar-refractivity contribution in [3.8, 4) is 17.2 Å². The fourth-order valence-electron chi connectivity index (χ4n) is 2.30. The van der Waals surface area contributed by atoms with Crippen molar-refractivity contribution in [1.29, 1.82) is 0 Å². The number of hydrogen-bond acceptors (Lipinski definition) is 6. The van der Waals surface area contributed by atoms with Gasteiger partial charge in [-0.25, -0.2) is 4.79 Å². The molecule has 2 rings (SSSR count). The first-order chi connectivity index (χ1) is 13.3. The van der Waals surface area contributed by atoms with Crippen LogP contribution in [0.15, 0.2) is 36.4 Å². The van der Waals surface area contributed by atoms with Crippen molar-refractivity contribution < 1.29 is 28.5 Å². The molecule has 7 nitrogen and oxygen atoms in total. The monoisotopic (exact) mass is 407 g/mol. The molecule has 0 aliphatic heterocycles. The molecule has 0 bridgehead atoms. The van der Waals surface area contributed by atoms with E-state index in [0.29, 0.717) is 28.0 Å². The van der Waals surface area contributed by atoms with Gasteiger partial charge in [-0.3, -0.25) is 4.79 Å². The number of esters is 1. The summed E-state index contributed by atoms with van der Waals surface area (Å²) in [6.45, 7) is 2.98. The second-order valence-corrected chi connectivity index (χ2v) is 6.32. The van der Waals surface area contributed by atoms with E-state index in [9.17, 15) is 9.59 Å². The number of aryl methyl sites for hydroxylation is 1. The van der Waals surface area contributed by atoms with E-state index in [1.165, 1.54) is 21.1 Å². The highest BCUT2D eigenvalue weighted by atomic mass is 35.5. The highest BCUT2D eigenvalue weighted by Crippen LogP contribution is 2.30. The Balaban J connectivity index is 1.89. The molecule has 0 heterocycles. The number of anilines is 1. The summed E-state index contributed by atoms with van der Waals surface area (Å²) in [5, 5.41) is 3.04. The zero-order valence-corrected chi connectivity index (χ0v) is 16.8. The van der Waals surface area contributed by atoms with Gasteiger partial charge in [0.1, 0.15) is 5.75 Å². The number of carbonyl (C=O) groups is 2. The van der Waals surface area contributed by atoms with Crippen molar-refractivity contribution in [2.24, 2.45) is 0 Å². The maximum atomic E-state index is 12.3. The molecule has 0 spiro atoms. The zero-order chi connectivity index (χ0) is 20.7. The first-order valence-electron chi connectivity index (χ1n) is 8.45. The summed E-state index contributed by atoms with van der Waals surface area (Å²) < 4.78 is 20.8. The summed E-state index contributed by atoms with van der Waals surface area (Å²) in [5.74, 6) is 0.197. The lowest BCUT2D eigenvalue weighted by Crippen LogP contribution is -2.31. The summed E-state index contributed by atoms with van der Waals surface area (Å²) in [5.41, 5.74) is 1.42. The maximum Gasteiger partial charge on any atom is 0.344 e. The number of halogens is 1. The molecule has 1 amide bonds. The van der Waals surface area contributed by atoms with Gasteiger partial charge in [-0.1, -0.05) is 17.7 Å². The Morgan fingerprint density at radius 1 is 1.04 bits per heavy atom. The van der Waals surface area contributed by atoms with Crippen LogP contribution in [0.2, 0.25) is 5.02 Å². The SMILES string of the molecule is COc1ccc(NC(=O)[C@@H](C)OC(=O)COc2cc(C)ccc2Cl)cc1OC. The standard InChI is InChI=1S/C20H22ClNO6/c1-12-5-7-15(21)17(9-12)27-11-19(23)28-13(2)20(24)22-14-6-8-16(25-3)18(10-14)26-4/h5-10,13H,11H2,1-4H3,(H,22,24)/t13-/m1/s1. The molecular weight excluding hydrogens is 386 g/mol. The van der Waals surface area contributed by atoms with Crippen LogP contribution in [0.4, 0.5) is 5.69 Å². The van der Waals surface area contributed by atoms with Crippen molar-refractivity contribution in [1.82, 2.24) is 0 Å². The Labute approximate surface area is 168 Å². The number of carbonyl (C=O) groups excluding carboxylic acids is 2. The lowest BCUT2D eigenvalue weighted by Gasteiger charge is -2.15. The number of methoxy groups -OCH3 is 2. The highest BCUT2D eigenvalue weighted by Gasteiger charge is 2.19. The molecule has 1 N–H and O–H groups in total. The van der Waals surface area contributed by atoms with Gasteiger partial charge < -0.3 is 24.3 Å². The molecule has 0 unspecified atom stereocenters. The molecule has 0 aliphatic rings. The van der Waals surface area contributed by atoms with Crippen molar-refractivity contribution in [3.63, 3.8) is 0 Å². The molecule has 0 radical (unpaired) electrons. The van der Waals surface area contributed by atoms with Crippen LogP contribution in [0.3, 0.4) is 0 Å². The van der Waals surface area contributed by atoms with Gasteiger partial charge in [-0.15, -0.1) is 0 Å². The Morgan fingerprint density at radius 3 is 2.43 bits per heavy atom. The van der Waals surface area contributed by atoms with Crippen LogP contribution in [-0.2, 0) is 14.3 Å². The maximum absolute atomic E-state index is 12.3. The average molecular weight is 408 g/mol. The van der Waals surface area contributed by atoms with Crippen molar-refractivity contribution in [2.45, 2.75) is 20.0 Å². The molecule has 0 saturated carbocycles. The number of ether oxygens (including phenoxy) is 4. The summed E-state index contributed by atoms with van der Waals surface area (Å²) in [4.78, 5) is 24.2. The molecule has 1 atom stereocenters. The van der Waals surface area contributed by atoms with E-state index in [0.717, 1.165) is 5.56 Å². The van der Waals surface area contributed by atoms with E-state index in [1.54, 1.807) is 30.3 Å². The van der Waals surface area contributed by atoms with E-state index < -0.39 is 18.0 Å². The summed E-state index contributed by atoms with van der Waals surface area (Å²) in [6, 6.07) is 10.1. The quantitative estimate of drug-likeness (QED) is 0.673. The third kappa shape index (κ3) is 5.79. The second kappa shape index (κ2) is 9.85. The van der Waals surface area contributed by atoms with Crippen molar-refractivity contribution in [3.05, 3.63) is 47.0 Å². The second-order valence-electron chi connectivity index (χ2n) is 5.91. The summed E-state index contributed by atoms with van der Waals surface area (Å²) in [7, 11) is 3.01. The van der Waals surface area contributed by atoms with Crippen LogP contribution in [0.5, 0.6) is 17.2 Å². The van der Waals surface area contributed by atoms with Gasteiger partial charge in [0, 0.05) is 11.8 Å². The Hall–Kier alpha value is -2.93. The van der Waals surface area contributed by atoms with Crippen LogP contribution >= 0.6 is 11.6 Å². The molecule has 150 valence electrons. The smallest absolute Gasteiger partial charge is 0.344 e. The van der Waals surface area contributed by atoms with Crippen LogP contribution in [0, 0.1) is 6.92 Å². The predicted octanol–water partition coefficient (Wildman–Crippen LogP) is 3.61. The molecule has 8 heteroatoms. The molecule has 2 aromatic rings. The van der Waals surface area contributed by atoms with Crippen LogP contribution < -0.4 is 19.5 Å². The molecular formula is C20H22ClNO6. The van der Waals surface area contributed by atoms with E-state index in [1.807, 2.05) is 13.0 Å². The highest BCUT2D eigenvalue weighted by molar-refractivity contribution is 6.32. The summed E-state index contributed by atoms with van der Waals surface area (Å²) in [6.07, 6.45) is -1.02. The minimum absolute atomic E-state index is 0.364. The van der Waals surface area contributed by atoms with Gasteiger partial charge in [-0.2, -0.15) is 0 Å². The van der Waals surface area contributed by atoms with Gasteiger partial charge in [0.05, 0.1) is 19.2 Å². The minimum atomic E-state index is -1.02. The Morgan fingerprint density at radius 2 is 1.75 bits per heavy atom.